The minimum Gasteiger partial charge on any atom is -0.122 e. The van der Waals surface area contributed by atoms with Crippen molar-refractivity contribution in [1.29, 1.82) is 0 Å². The summed E-state index contributed by atoms with van der Waals surface area (Å²) >= 11 is 0. The van der Waals surface area contributed by atoms with Gasteiger partial charge in [0, 0.05) is 0 Å². The van der Waals surface area contributed by atoms with Gasteiger partial charge in [0.1, 0.15) is 0 Å². The summed E-state index contributed by atoms with van der Waals surface area (Å²) in [7, 11) is 0. The van der Waals surface area contributed by atoms with Crippen molar-refractivity contribution in [1.82, 2.24) is 0 Å². The first kappa shape index (κ1) is 13.3. The molecule has 0 bridgehead atoms. The number of hydrogen-bond acceptors (Lipinski definition) is 0. The van der Waals surface area contributed by atoms with E-state index in [0.29, 0.717) is 0 Å². The van der Waals surface area contributed by atoms with Crippen LogP contribution in [-0.4, -0.2) is 0 Å². The van der Waals surface area contributed by atoms with E-state index in [2.05, 4.69) is 52.5 Å². The van der Waals surface area contributed by atoms with Gasteiger partial charge in [-0.1, -0.05) is 46.3 Å². The van der Waals surface area contributed by atoms with Gasteiger partial charge >= 0.3 is 0 Å². The third kappa shape index (κ3) is 9.35. The first-order valence-electron chi connectivity index (χ1n) is 5.55. The van der Waals surface area contributed by atoms with Crippen molar-refractivity contribution in [2.45, 2.75) is 53.9 Å². The molecule has 0 saturated heterocycles. The zero-order chi connectivity index (χ0) is 11.0. The highest BCUT2D eigenvalue weighted by Crippen LogP contribution is 2.14. The first-order valence-corrected chi connectivity index (χ1v) is 5.55. The van der Waals surface area contributed by atoms with Crippen molar-refractivity contribution >= 4 is 0 Å². The number of unbranched alkanes of at least 4 members (excludes halogenated alkanes) is 1. The summed E-state index contributed by atoms with van der Waals surface area (Å²) < 4.78 is 0. The Labute approximate surface area is 89.4 Å². The van der Waals surface area contributed by atoms with Crippen molar-refractivity contribution in [3.8, 4) is 0 Å². The zero-order valence-electron chi connectivity index (χ0n) is 10.4. The Morgan fingerprint density at radius 2 is 1.93 bits per heavy atom. The van der Waals surface area contributed by atoms with Crippen LogP contribution in [0.15, 0.2) is 29.5 Å². The van der Waals surface area contributed by atoms with E-state index in [9.17, 15) is 0 Å². The monoisotopic (exact) mass is 192 g/mol. The third-order valence-corrected chi connectivity index (χ3v) is 1.93. The quantitative estimate of drug-likeness (QED) is 0.440. The van der Waals surface area contributed by atoms with E-state index in [0.717, 1.165) is 0 Å². The van der Waals surface area contributed by atoms with E-state index in [1.165, 1.54) is 24.8 Å². The van der Waals surface area contributed by atoms with Gasteiger partial charge in [0.2, 0.25) is 0 Å². The molecular formula is C14H24. The number of rotatable bonds is 4. The standard InChI is InChI=1S/C14H24/c1-6-7-10-13(2)11-8-9-12-14(3,4)5/h8-9,12H,6-7,10H2,1-5H3/b12-9-. The van der Waals surface area contributed by atoms with E-state index < -0.39 is 0 Å². The molecule has 0 nitrogen and oxygen atoms in total. The summed E-state index contributed by atoms with van der Waals surface area (Å²) in [4.78, 5) is 0. The summed E-state index contributed by atoms with van der Waals surface area (Å²) in [6.45, 7) is 11.0. The summed E-state index contributed by atoms with van der Waals surface area (Å²) in [6.07, 6.45) is 10.0. The highest BCUT2D eigenvalue weighted by molar-refractivity contribution is 5.09. The van der Waals surface area contributed by atoms with Crippen LogP contribution in [-0.2, 0) is 0 Å². The molecule has 0 aromatic heterocycles. The second-order valence-corrected chi connectivity index (χ2v) is 4.92. The highest BCUT2D eigenvalue weighted by Gasteiger charge is 2.01. The molecule has 0 spiro atoms. The Morgan fingerprint density at radius 1 is 1.29 bits per heavy atom. The maximum absolute atomic E-state index is 3.29. The van der Waals surface area contributed by atoms with Crippen LogP contribution in [0.1, 0.15) is 53.9 Å². The lowest BCUT2D eigenvalue weighted by Crippen LogP contribution is -1.97. The molecule has 0 aliphatic rings. The molecule has 0 heterocycles. The van der Waals surface area contributed by atoms with E-state index in [1.807, 2.05) is 6.08 Å². The van der Waals surface area contributed by atoms with Gasteiger partial charge in [-0.05, 0) is 36.8 Å². The number of allylic oxidation sites excluding steroid dienone is 3. The number of hydrogen-bond donors (Lipinski definition) is 0. The topological polar surface area (TPSA) is 0 Å². The lowest BCUT2D eigenvalue weighted by Gasteiger charge is -2.09. The predicted molar refractivity (Wildman–Crippen MR) is 65.4 cm³/mol. The minimum absolute atomic E-state index is 0.273. The SMILES string of the molecule is CCCCC(C)=C=C/C=C\C(C)(C)C. The molecule has 0 unspecified atom stereocenters. The van der Waals surface area contributed by atoms with Crippen LogP contribution in [0, 0.1) is 5.41 Å². The smallest absolute Gasteiger partial charge is 0.0200 e. The van der Waals surface area contributed by atoms with Crippen LogP contribution in [0.5, 0.6) is 0 Å². The van der Waals surface area contributed by atoms with Gasteiger partial charge in [-0.2, -0.15) is 0 Å². The average Bonchev–Trinajstić information content (AvgIpc) is 2.07. The second kappa shape index (κ2) is 6.68. The van der Waals surface area contributed by atoms with Crippen molar-refractivity contribution < 1.29 is 0 Å². The molecule has 0 amide bonds. The fourth-order valence-corrected chi connectivity index (χ4v) is 1.04. The van der Waals surface area contributed by atoms with Crippen LogP contribution in [0.4, 0.5) is 0 Å². The Kier molecular flexibility index (Phi) is 6.32. The summed E-state index contributed by atoms with van der Waals surface area (Å²) in [5.74, 6) is 0. The van der Waals surface area contributed by atoms with Crippen LogP contribution in [0.25, 0.3) is 0 Å². The fourth-order valence-electron chi connectivity index (χ4n) is 1.04. The van der Waals surface area contributed by atoms with Crippen LogP contribution < -0.4 is 0 Å². The van der Waals surface area contributed by atoms with Crippen molar-refractivity contribution in [3.63, 3.8) is 0 Å². The van der Waals surface area contributed by atoms with Gasteiger partial charge in [-0.25, -0.2) is 0 Å². The van der Waals surface area contributed by atoms with Crippen LogP contribution in [0.3, 0.4) is 0 Å². The minimum atomic E-state index is 0.273. The van der Waals surface area contributed by atoms with Gasteiger partial charge in [0.15, 0.2) is 0 Å². The van der Waals surface area contributed by atoms with E-state index in [1.54, 1.807) is 0 Å². The van der Waals surface area contributed by atoms with Crippen molar-refractivity contribution in [3.05, 3.63) is 29.5 Å². The molecular weight excluding hydrogens is 168 g/mol. The maximum atomic E-state index is 3.29. The lowest BCUT2D eigenvalue weighted by atomic mass is 9.96. The average molecular weight is 192 g/mol. The molecule has 0 heteroatoms. The second-order valence-electron chi connectivity index (χ2n) is 4.92. The summed E-state index contributed by atoms with van der Waals surface area (Å²) in [6, 6.07) is 0. The van der Waals surface area contributed by atoms with E-state index >= 15 is 0 Å². The summed E-state index contributed by atoms with van der Waals surface area (Å²) in [5, 5.41) is 0. The normalized spacial score (nSPS) is 11.5. The third-order valence-electron chi connectivity index (χ3n) is 1.93. The van der Waals surface area contributed by atoms with E-state index in [4.69, 9.17) is 0 Å². The molecule has 0 aromatic rings. The maximum Gasteiger partial charge on any atom is -0.0200 e. The van der Waals surface area contributed by atoms with Gasteiger partial charge in [0.05, 0.1) is 0 Å². The summed E-state index contributed by atoms with van der Waals surface area (Å²) in [5.41, 5.74) is 4.92. The van der Waals surface area contributed by atoms with Crippen LogP contribution >= 0.6 is 0 Å². The molecule has 0 aliphatic carbocycles. The Balaban J connectivity index is 4.08. The lowest BCUT2D eigenvalue weighted by molar-refractivity contribution is 0.544. The Hall–Kier alpha value is -0.740. The largest absolute Gasteiger partial charge is 0.122 e. The van der Waals surface area contributed by atoms with Gasteiger partial charge in [-0.15, -0.1) is 5.73 Å². The molecule has 14 heavy (non-hydrogen) atoms. The molecule has 0 aliphatic heterocycles. The molecule has 0 atom stereocenters. The Bertz CT molecular complexity index is 229. The fraction of sp³-hybridized carbons (Fsp3) is 0.643. The van der Waals surface area contributed by atoms with Gasteiger partial charge in [0.25, 0.3) is 0 Å². The van der Waals surface area contributed by atoms with Gasteiger partial charge in [-0.3, -0.25) is 0 Å². The molecule has 0 aromatic carbocycles. The molecule has 0 fully saturated rings. The highest BCUT2D eigenvalue weighted by atomic mass is 14.1. The Morgan fingerprint density at radius 3 is 2.43 bits per heavy atom. The molecule has 0 radical (unpaired) electrons. The van der Waals surface area contributed by atoms with Crippen LogP contribution in [0.2, 0.25) is 0 Å². The molecule has 80 valence electrons. The van der Waals surface area contributed by atoms with Gasteiger partial charge < -0.3 is 0 Å². The molecule has 0 rings (SSSR count). The molecule has 0 N–H and O–H groups in total. The van der Waals surface area contributed by atoms with Crippen molar-refractivity contribution in [2.24, 2.45) is 5.41 Å². The first-order chi connectivity index (χ1) is 6.45. The predicted octanol–water partition coefficient (Wildman–Crippen LogP) is 4.88. The van der Waals surface area contributed by atoms with Crippen molar-refractivity contribution in [2.75, 3.05) is 0 Å². The van der Waals surface area contributed by atoms with E-state index in [-0.39, 0.29) is 5.41 Å². The zero-order valence-corrected chi connectivity index (χ0v) is 10.4. The molecule has 0 saturated carbocycles.